The van der Waals surface area contributed by atoms with E-state index in [1.54, 1.807) is 0 Å². The fourth-order valence-corrected chi connectivity index (χ4v) is 1.04. The van der Waals surface area contributed by atoms with E-state index in [0.717, 1.165) is 24.2 Å². The molecule has 0 amide bonds. The van der Waals surface area contributed by atoms with Crippen LogP contribution in [0, 0.1) is 0 Å². The highest BCUT2D eigenvalue weighted by Crippen LogP contribution is 2.03. The minimum atomic E-state index is 0.744. The third-order valence-corrected chi connectivity index (χ3v) is 1.91. The Hall–Kier alpha value is -0.820. The molecule has 0 unspecified atom stereocenters. The minimum absolute atomic E-state index is 0.744. The van der Waals surface area contributed by atoms with Gasteiger partial charge in [-0.15, -0.1) is 0 Å². The number of hydrogen-bond acceptors (Lipinski definition) is 1. The van der Waals surface area contributed by atoms with Crippen LogP contribution in [0.25, 0.3) is 0 Å². The third-order valence-electron chi connectivity index (χ3n) is 1.66. The highest BCUT2D eigenvalue weighted by molar-refractivity contribution is 6.30. The van der Waals surface area contributed by atoms with Crippen molar-refractivity contribution in [2.45, 2.75) is 32.6 Å². The number of aldehydes is 1. The summed E-state index contributed by atoms with van der Waals surface area (Å²) in [6, 6.07) is 9.44. The summed E-state index contributed by atoms with van der Waals surface area (Å²) in [5.41, 5.74) is 0. The second kappa shape index (κ2) is 10.3. The fraction of sp³-hybridized carbons (Fsp3) is 0.417. The predicted octanol–water partition coefficient (Wildman–Crippen LogP) is 4.11. The number of hydrogen-bond donors (Lipinski definition) is 0. The molecular formula is C12H17ClO. The van der Waals surface area contributed by atoms with Crippen molar-refractivity contribution in [1.29, 1.82) is 0 Å². The van der Waals surface area contributed by atoms with E-state index in [9.17, 15) is 4.79 Å². The molecule has 1 nitrogen and oxygen atoms in total. The Morgan fingerprint density at radius 2 is 1.86 bits per heavy atom. The number of halogens is 1. The van der Waals surface area contributed by atoms with Crippen LogP contribution < -0.4 is 0 Å². The zero-order valence-electron chi connectivity index (χ0n) is 8.58. The van der Waals surface area contributed by atoms with Crippen molar-refractivity contribution >= 4 is 17.9 Å². The van der Waals surface area contributed by atoms with Gasteiger partial charge in [0.2, 0.25) is 0 Å². The Balaban J connectivity index is 0.000000241. The lowest BCUT2D eigenvalue weighted by Crippen LogP contribution is -1.73. The van der Waals surface area contributed by atoms with E-state index >= 15 is 0 Å². The summed E-state index contributed by atoms with van der Waals surface area (Å²) in [6.45, 7) is 2.13. The van der Waals surface area contributed by atoms with Crippen LogP contribution in [0.4, 0.5) is 0 Å². The number of benzene rings is 1. The molecular weight excluding hydrogens is 196 g/mol. The Bertz CT molecular complexity index is 221. The second-order valence-corrected chi connectivity index (χ2v) is 3.39. The van der Waals surface area contributed by atoms with Gasteiger partial charge in [-0.3, -0.25) is 0 Å². The SMILES string of the molecule is CCCCCC=O.Clc1ccccc1. The molecule has 0 aliphatic rings. The number of unbranched alkanes of at least 4 members (excludes halogenated alkanes) is 3. The number of carbonyl (C=O) groups is 1. The first kappa shape index (κ1) is 13.2. The Morgan fingerprint density at radius 1 is 1.21 bits per heavy atom. The zero-order valence-corrected chi connectivity index (χ0v) is 9.33. The largest absolute Gasteiger partial charge is 0.303 e. The molecule has 0 spiro atoms. The maximum atomic E-state index is 9.68. The van der Waals surface area contributed by atoms with Gasteiger partial charge < -0.3 is 4.79 Å². The molecule has 0 aliphatic heterocycles. The van der Waals surface area contributed by atoms with Crippen LogP contribution in [0.1, 0.15) is 32.6 Å². The van der Waals surface area contributed by atoms with Gasteiger partial charge in [0.25, 0.3) is 0 Å². The second-order valence-electron chi connectivity index (χ2n) is 2.96. The summed E-state index contributed by atoms with van der Waals surface area (Å²) in [5, 5.41) is 0.794. The summed E-state index contributed by atoms with van der Waals surface area (Å²) in [6.07, 6.45) is 5.19. The monoisotopic (exact) mass is 212 g/mol. The molecule has 0 aliphatic carbocycles. The van der Waals surface area contributed by atoms with Crippen molar-refractivity contribution in [3.05, 3.63) is 35.4 Å². The maximum absolute atomic E-state index is 9.68. The minimum Gasteiger partial charge on any atom is -0.303 e. The first-order chi connectivity index (χ1) is 6.81. The van der Waals surface area contributed by atoms with E-state index in [4.69, 9.17) is 11.6 Å². The summed E-state index contributed by atoms with van der Waals surface area (Å²) < 4.78 is 0. The fourth-order valence-electron chi connectivity index (χ4n) is 0.892. The molecule has 0 N–H and O–H groups in total. The number of rotatable bonds is 4. The lowest BCUT2D eigenvalue weighted by molar-refractivity contribution is -0.107. The normalized spacial score (nSPS) is 8.71. The van der Waals surface area contributed by atoms with Gasteiger partial charge in [0.05, 0.1) is 0 Å². The Labute approximate surface area is 91.1 Å². The molecule has 0 fully saturated rings. The average Bonchev–Trinajstić information content (AvgIpc) is 2.21. The molecule has 1 aromatic rings. The van der Waals surface area contributed by atoms with Crippen molar-refractivity contribution in [3.8, 4) is 0 Å². The molecule has 0 atom stereocenters. The third kappa shape index (κ3) is 9.27. The summed E-state index contributed by atoms with van der Waals surface area (Å²) in [4.78, 5) is 9.68. The van der Waals surface area contributed by atoms with Crippen LogP contribution in [-0.4, -0.2) is 6.29 Å². The van der Waals surface area contributed by atoms with E-state index in [1.807, 2.05) is 30.3 Å². The molecule has 0 radical (unpaired) electrons. The van der Waals surface area contributed by atoms with Gasteiger partial charge in [-0.25, -0.2) is 0 Å². The molecule has 0 heterocycles. The van der Waals surface area contributed by atoms with E-state index < -0.39 is 0 Å². The van der Waals surface area contributed by atoms with Gasteiger partial charge in [-0.05, 0) is 18.6 Å². The highest BCUT2D eigenvalue weighted by atomic mass is 35.5. The Kier molecular flexibility index (Phi) is 9.66. The quantitative estimate of drug-likeness (QED) is 0.543. The maximum Gasteiger partial charge on any atom is 0.119 e. The van der Waals surface area contributed by atoms with Crippen LogP contribution in [0.2, 0.25) is 5.02 Å². The van der Waals surface area contributed by atoms with Crippen LogP contribution in [0.3, 0.4) is 0 Å². The molecule has 1 rings (SSSR count). The average molecular weight is 213 g/mol. The van der Waals surface area contributed by atoms with Gasteiger partial charge in [-0.2, -0.15) is 0 Å². The molecule has 14 heavy (non-hydrogen) atoms. The lowest BCUT2D eigenvalue weighted by atomic mass is 10.2. The Morgan fingerprint density at radius 3 is 2.21 bits per heavy atom. The van der Waals surface area contributed by atoms with Crippen molar-refractivity contribution in [2.24, 2.45) is 0 Å². The van der Waals surface area contributed by atoms with Crippen LogP contribution in [-0.2, 0) is 4.79 Å². The van der Waals surface area contributed by atoms with Gasteiger partial charge >= 0.3 is 0 Å². The van der Waals surface area contributed by atoms with Gasteiger partial charge in [0.1, 0.15) is 6.29 Å². The molecule has 0 aromatic heterocycles. The smallest absolute Gasteiger partial charge is 0.119 e. The molecule has 78 valence electrons. The summed E-state index contributed by atoms with van der Waals surface area (Å²) in [5.74, 6) is 0. The van der Waals surface area contributed by atoms with Crippen molar-refractivity contribution in [3.63, 3.8) is 0 Å². The van der Waals surface area contributed by atoms with Crippen LogP contribution in [0.15, 0.2) is 30.3 Å². The summed E-state index contributed by atoms with van der Waals surface area (Å²) >= 11 is 5.54. The van der Waals surface area contributed by atoms with E-state index in [1.165, 1.54) is 12.8 Å². The topological polar surface area (TPSA) is 17.1 Å². The molecule has 1 aromatic carbocycles. The van der Waals surface area contributed by atoms with Crippen LogP contribution in [0.5, 0.6) is 0 Å². The predicted molar refractivity (Wildman–Crippen MR) is 61.7 cm³/mol. The first-order valence-electron chi connectivity index (χ1n) is 4.95. The zero-order chi connectivity index (χ0) is 10.6. The van der Waals surface area contributed by atoms with Gasteiger partial charge in [0.15, 0.2) is 0 Å². The van der Waals surface area contributed by atoms with Gasteiger partial charge in [-0.1, -0.05) is 49.6 Å². The molecule has 0 bridgehead atoms. The van der Waals surface area contributed by atoms with Gasteiger partial charge in [0, 0.05) is 11.4 Å². The number of carbonyl (C=O) groups excluding carboxylic acids is 1. The molecule has 0 saturated carbocycles. The van der Waals surface area contributed by atoms with Crippen molar-refractivity contribution in [1.82, 2.24) is 0 Å². The van der Waals surface area contributed by atoms with Crippen LogP contribution >= 0.6 is 11.6 Å². The van der Waals surface area contributed by atoms with E-state index in [0.29, 0.717) is 0 Å². The first-order valence-corrected chi connectivity index (χ1v) is 5.33. The lowest BCUT2D eigenvalue weighted by Gasteiger charge is -1.85. The highest BCUT2D eigenvalue weighted by Gasteiger charge is 1.80. The van der Waals surface area contributed by atoms with E-state index in [2.05, 4.69) is 6.92 Å². The van der Waals surface area contributed by atoms with Crippen molar-refractivity contribution in [2.75, 3.05) is 0 Å². The standard InChI is InChI=1S/C6H5Cl.C6H12O/c7-6-4-2-1-3-5-6;1-2-3-4-5-6-7/h1-5H;6H,2-5H2,1H3. The summed E-state index contributed by atoms with van der Waals surface area (Å²) in [7, 11) is 0. The molecule has 0 saturated heterocycles. The molecule has 2 heteroatoms. The van der Waals surface area contributed by atoms with E-state index in [-0.39, 0.29) is 0 Å². The van der Waals surface area contributed by atoms with Crippen molar-refractivity contribution < 1.29 is 4.79 Å².